The molecular weight excluding hydrogens is 280 g/mol. The number of hydrogen-bond donors (Lipinski definition) is 1. The van der Waals surface area contributed by atoms with E-state index in [1.165, 1.54) is 50.8 Å². The Hall–Kier alpha value is -1.91. The molecule has 1 aliphatic heterocycles. The van der Waals surface area contributed by atoms with Crippen molar-refractivity contribution in [2.75, 3.05) is 13.1 Å². The predicted molar refractivity (Wildman–Crippen MR) is 81.9 cm³/mol. The van der Waals surface area contributed by atoms with Gasteiger partial charge in [0.2, 0.25) is 0 Å². The highest BCUT2D eigenvalue weighted by molar-refractivity contribution is 5.96. The minimum atomic E-state index is -1.10. The van der Waals surface area contributed by atoms with Crippen LogP contribution in [0.5, 0.6) is 0 Å². The number of aromatic nitrogens is 1. The van der Waals surface area contributed by atoms with Gasteiger partial charge in [0.05, 0.1) is 0 Å². The summed E-state index contributed by atoms with van der Waals surface area (Å²) in [4.78, 5) is 29.4. The number of hydrogen-bond acceptors (Lipinski definition) is 3. The van der Waals surface area contributed by atoms with Crippen LogP contribution in [0.25, 0.3) is 0 Å². The highest BCUT2D eigenvalue weighted by Gasteiger charge is 2.38. The molecule has 1 saturated heterocycles. The number of aromatic carboxylic acids is 1. The second-order valence-electron chi connectivity index (χ2n) is 6.63. The van der Waals surface area contributed by atoms with E-state index in [2.05, 4.69) is 4.98 Å². The molecule has 1 spiro atoms. The Morgan fingerprint density at radius 1 is 1.14 bits per heavy atom. The Bertz CT molecular complexity index is 574. The monoisotopic (exact) mass is 302 g/mol. The maximum absolute atomic E-state index is 12.7. The summed E-state index contributed by atoms with van der Waals surface area (Å²) in [6, 6.07) is 2.99. The van der Waals surface area contributed by atoms with E-state index >= 15 is 0 Å². The molecule has 1 aromatic heterocycles. The van der Waals surface area contributed by atoms with Crippen LogP contribution in [0.4, 0.5) is 0 Å². The lowest BCUT2D eigenvalue weighted by Gasteiger charge is -2.45. The van der Waals surface area contributed by atoms with Crippen LogP contribution in [0.2, 0.25) is 0 Å². The third-order valence-electron chi connectivity index (χ3n) is 5.09. The molecule has 2 aliphatic rings. The molecule has 3 rings (SSSR count). The number of pyridine rings is 1. The molecule has 118 valence electrons. The Morgan fingerprint density at radius 2 is 1.86 bits per heavy atom. The summed E-state index contributed by atoms with van der Waals surface area (Å²) >= 11 is 0. The molecule has 0 bridgehead atoms. The second kappa shape index (κ2) is 6.07. The van der Waals surface area contributed by atoms with Crippen molar-refractivity contribution >= 4 is 11.9 Å². The standard InChI is InChI=1S/C17H22N2O3/c20-15(13-5-9-18-14(11-13)16(21)22)19-10-4-8-17(12-19)6-2-1-3-7-17/h5,9,11H,1-4,6-8,10,12H2,(H,21,22). The van der Waals surface area contributed by atoms with Gasteiger partial charge in [-0.25, -0.2) is 9.78 Å². The largest absolute Gasteiger partial charge is 0.477 e. The summed E-state index contributed by atoms with van der Waals surface area (Å²) in [5.41, 5.74) is 0.657. The SMILES string of the molecule is O=C(O)c1cc(C(=O)N2CCCC3(CCCCC3)C2)ccn1. The fraction of sp³-hybridized carbons (Fsp3) is 0.588. The molecule has 1 amide bonds. The molecule has 22 heavy (non-hydrogen) atoms. The number of rotatable bonds is 2. The minimum Gasteiger partial charge on any atom is -0.477 e. The van der Waals surface area contributed by atoms with E-state index in [1.54, 1.807) is 6.07 Å². The zero-order valence-corrected chi connectivity index (χ0v) is 12.8. The molecule has 0 radical (unpaired) electrons. The smallest absolute Gasteiger partial charge is 0.354 e. The molecule has 0 unspecified atom stereocenters. The molecule has 1 aliphatic carbocycles. The number of carboxylic acids is 1. The van der Waals surface area contributed by atoms with Gasteiger partial charge in [-0.2, -0.15) is 0 Å². The molecule has 2 fully saturated rings. The highest BCUT2D eigenvalue weighted by atomic mass is 16.4. The van der Waals surface area contributed by atoms with Crippen molar-refractivity contribution < 1.29 is 14.7 Å². The van der Waals surface area contributed by atoms with Gasteiger partial charge in [0, 0.05) is 24.8 Å². The van der Waals surface area contributed by atoms with Crippen LogP contribution in [0.3, 0.4) is 0 Å². The van der Waals surface area contributed by atoms with Gasteiger partial charge in [0.1, 0.15) is 5.69 Å². The lowest BCUT2D eigenvalue weighted by atomic mass is 9.69. The average molecular weight is 302 g/mol. The van der Waals surface area contributed by atoms with Gasteiger partial charge >= 0.3 is 5.97 Å². The number of likely N-dealkylation sites (tertiary alicyclic amines) is 1. The van der Waals surface area contributed by atoms with Crippen molar-refractivity contribution in [1.29, 1.82) is 0 Å². The van der Waals surface area contributed by atoms with Gasteiger partial charge in [-0.05, 0) is 43.2 Å². The first-order valence-corrected chi connectivity index (χ1v) is 8.08. The van der Waals surface area contributed by atoms with Crippen molar-refractivity contribution in [3.8, 4) is 0 Å². The van der Waals surface area contributed by atoms with Crippen molar-refractivity contribution in [1.82, 2.24) is 9.88 Å². The van der Waals surface area contributed by atoms with Crippen molar-refractivity contribution in [2.24, 2.45) is 5.41 Å². The molecule has 5 nitrogen and oxygen atoms in total. The number of carbonyl (C=O) groups excluding carboxylic acids is 1. The second-order valence-corrected chi connectivity index (χ2v) is 6.63. The summed E-state index contributed by atoms with van der Waals surface area (Å²) < 4.78 is 0. The van der Waals surface area contributed by atoms with E-state index in [1.807, 2.05) is 4.90 Å². The van der Waals surface area contributed by atoms with Crippen LogP contribution in [-0.2, 0) is 0 Å². The van der Waals surface area contributed by atoms with Crippen LogP contribution in [0.1, 0.15) is 65.8 Å². The molecule has 1 aromatic rings. The third kappa shape index (κ3) is 2.98. The summed E-state index contributed by atoms with van der Waals surface area (Å²) in [5.74, 6) is -1.16. The van der Waals surface area contributed by atoms with Crippen LogP contribution in [0, 0.1) is 5.41 Å². The van der Waals surface area contributed by atoms with Crippen molar-refractivity contribution in [3.05, 3.63) is 29.6 Å². The van der Waals surface area contributed by atoms with Crippen LogP contribution >= 0.6 is 0 Å². The normalized spacial score (nSPS) is 20.8. The van der Waals surface area contributed by atoms with Gasteiger partial charge in [-0.3, -0.25) is 4.79 Å². The third-order valence-corrected chi connectivity index (χ3v) is 5.09. The average Bonchev–Trinajstić information content (AvgIpc) is 2.55. The molecular formula is C17H22N2O3. The first-order chi connectivity index (χ1) is 10.6. The lowest BCUT2D eigenvalue weighted by molar-refractivity contribution is 0.0384. The van der Waals surface area contributed by atoms with E-state index in [0.29, 0.717) is 11.0 Å². The summed E-state index contributed by atoms with van der Waals surface area (Å²) in [7, 11) is 0. The fourth-order valence-electron chi connectivity index (χ4n) is 3.95. The summed E-state index contributed by atoms with van der Waals surface area (Å²) in [6.07, 6.45) is 9.93. The van der Waals surface area contributed by atoms with E-state index < -0.39 is 5.97 Å². The summed E-state index contributed by atoms with van der Waals surface area (Å²) in [5, 5.41) is 9.01. The fourth-order valence-corrected chi connectivity index (χ4v) is 3.95. The Morgan fingerprint density at radius 3 is 2.59 bits per heavy atom. The van der Waals surface area contributed by atoms with Crippen LogP contribution in [0.15, 0.2) is 18.3 Å². The van der Waals surface area contributed by atoms with Crippen molar-refractivity contribution in [3.63, 3.8) is 0 Å². The summed E-state index contributed by atoms with van der Waals surface area (Å²) in [6.45, 7) is 1.59. The minimum absolute atomic E-state index is 0.0606. The van der Waals surface area contributed by atoms with Gasteiger partial charge in [-0.1, -0.05) is 19.3 Å². The zero-order chi connectivity index (χ0) is 15.6. The van der Waals surface area contributed by atoms with Crippen LogP contribution < -0.4 is 0 Å². The quantitative estimate of drug-likeness (QED) is 0.911. The van der Waals surface area contributed by atoms with E-state index in [-0.39, 0.29) is 11.6 Å². The van der Waals surface area contributed by atoms with Gasteiger partial charge in [0.15, 0.2) is 0 Å². The molecule has 1 N–H and O–H groups in total. The predicted octanol–water partition coefficient (Wildman–Crippen LogP) is 2.97. The number of carboxylic acid groups (broad SMARTS) is 1. The Kier molecular flexibility index (Phi) is 4.14. The zero-order valence-electron chi connectivity index (χ0n) is 12.8. The van der Waals surface area contributed by atoms with E-state index in [9.17, 15) is 9.59 Å². The highest BCUT2D eigenvalue weighted by Crippen LogP contribution is 2.43. The molecule has 0 aromatic carbocycles. The Balaban J connectivity index is 1.76. The number of nitrogens with zero attached hydrogens (tertiary/aromatic N) is 2. The van der Waals surface area contributed by atoms with Crippen LogP contribution in [-0.4, -0.2) is 40.0 Å². The van der Waals surface area contributed by atoms with Gasteiger partial charge in [0.25, 0.3) is 5.91 Å². The van der Waals surface area contributed by atoms with Gasteiger partial charge in [-0.15, -0.1) is 0 Å². The molecule has 1 saturated carbocycles. The maximum Gasteiger partial charge on any atom is 0.354 e. The van der Waals surface area contributed by atoms with E-state index in [0.717, 1.165) is 19.5 Å². The number of piperidine rings is 1. The maximum atomic E-state index is 12.7. The first-order valence-electron chi connectivity index (χ1n) is 8.08. The number of carbonyl (C=O) groups is 2. The topological polar surface area (TPSA) is 70.5 Å². The molecule has 5 heteroatoms. The first kappa shape index (κ1) is 15.0. The number of amides is 1. The molecule has 2 heterocycles. The van der Waals surface area contributed by atoms with E-state index in [4.69, 9.17) is 5.11 Å². The molecule has 0 atom stereocenters. The van der Waals surface area contributed by atoms with Gasteiger partial charge < -0.3 is 10.0 Å². The Labute approximate surface area is 130 Å². The lowest BCUT2D eigenvalue weighted by Crippen LogP contribution is -2.47. The van der Waals surface area contributed by atoms with Crippen molar-refractivity contribution in [2.45, 2.75) is 44.9 Å².